The first-order valence-electron chi connectivity index (χ1n) is 6.00. The summed E-state index contributed by atoms with van der Waals surface area (Å²) in [6.45, 7) is 0.506. The van der Waals surface area contributed by atoms with Gasteiger partial charge < -0.3 is 10.5 Å². The lowest BCUT2D eigenvalue weighted by Gasteiger charge is -2.32. The van der Waals surface area contributed by atoms with Crippen LogP contribution in [-0.2, 0) is 0 Å². The molecule has 1 aliphatic rings. The molecule has 0 aromatic carbocycles. The van der Waals surface area contributed by atoms with E-state index in [1.807, 2.05) is 6.07 Å². The summed E-state index contributed by atoms with van der Waals surface area (Å²) in [5.41, 5.74) is 6.60. The Morgan fingerprint density at radius 3 is 2.71 bits per heavy atom. The first-order chi connectivity index (χ1) is 8.22. The lowest BCUT2D eigenvalue weighted by Crippen LogP contribution is -2.47. The molecule has 1 aliphatic carbocycles. The monoisotopic (exact) mass is 231 g/mol. The Bertz CT molecular complexity index is 402. The van der Waals surface area contributed by atoms with Crippen LogP contribution in [0.5, 0.6) is 5.88 Å². The van der Waals surface area contributed by atoms with Crippen LogP contribution < -0.4 is 10.5 Å². The van der Waals surface area contributed by atoms with E-state index in [2.05, 4.69) is 4.98 Å². The maximum atomic E-state index is 8.65. The fraction of sp³-hybridized carbons (Fsp3) is 0.538. The summed E-state index contributed by atoms with van der Waals surface area (Å²) in [6.07, 6.45) is 7.18. The predicted octanol–water partition coefficient (Wildman–Crippen LogP) is 1.99. The quantitative estimate of drug-likeness (QED) is 0.863. The molecule has 2 N–H and O–H groups in total. The zero-order valence-corrected chi connectivity index (χ0v) is 9.85. The maximum Gasteiger partial charge on any atom is 0.213 e. The number of nitriles is 1. The van der Waals surface area contributed by atoms with Crippen molar-refractivity contribution in [3.05, 3.63) is 23.9 Å². The number of rotatable bonds is 3. The van der Waals surface area contributed by atoms with Crippen LogP contribution in [0.3, 0.4) is 0 Å². The van der Waals surface area contributed by atoms with E-state index in [1.54, 1.807) is 12.1 Å². The molecule has 0 bridgehead atoms. The average molecular weight is 231 g/mol. The molecule has 0 spiro atoms. The van der Waals surface area contributed by atoms with Gasteiger partial charge >= 0.3 is 0 Å². The van der Waals surface area contributed by atoms with Crippen LogP contribution >= 0.6 is 0 Å². The number of nitrogens with zero attached hydrogens (tertiary/aromatic N) is 2. The Kier molecular flexibility index (Phi) is 3.60. The Morgan fingerprint density at radius 2 is 2.12 bits per heavy atom. The van der Waals surface area contributed by atoms with Crippen molar-refractivity contribution in [3.63, 3.8) is 0 Å². The van der Waals surface area contributed by atoms with Gasteiger partial charge in [0.05, 0.1) is 11.1 Å². The minimum Gasteiger partial charge on any atom is -0.476 e. The van der Waals surface area contributed by atoms with Crippen molar-refractivity contribution in [1.82, 2.24) is 4.98 Å². The van der Waals surface area contributed by atoms with E-state index in [0.29, 0.717) is 18.1 Å². The lowest BCUT2D eigenvalue weighted by molar-refractivity contribution is 0.169. The highest BCUT2D eigenvalue weighted by molar-refractivity contribution is 5.28. The molecule has 0 amide bonds. The number of hydrogen-bond donors (Lipinski definition) is 1. The second-order valence-electron chi connectivity index (χ2n) is 4.71. The van der Waals surface area contributed by atoms with E-state index in [0.717, 1.165) is 12.8 Å². The Labute approximate surface area is 101 Å². The summed E-state index contributed by atoms with van der Waals surface area (Å²) >= 11 is 0. The molecule has 90 valence electrons. The highest BCUT2D eigenvalue weighted by atomic mass is 16.5. The van der Waals surface area contributed by atoms with Gasteiger partial charge in [0, 0.05) is 12.3 Å². The molecule has 0 unspecified atom stereocenters. The number of hydrogen-bond acceptors (Lipinski definition) is 4. The molecule has 0 radical (unpaired) electrons. The smallest absolute Gasteiger partial charge is 0.213 e. The first kappa shape index (κ1) is 11.9. The first-order valence-corrected chi connectivity index (χ1v) is 6.00. The van der Waals surface area contributed by atoms with Crippen molar-refractivity contribution in [2.24, 2.45) is 5.73 Å². The van der Waals surface area contributed by atoms with E-state index in [9.17, 15) is 0 Å². The van der Waals surface area contributed by atoms with Crippen LogP contribution in [0, 0.1) is 11.3 Å². The summed E-state index contributed by atoms with van der Waals surface area (Å²) in [7, 11) is 0. The molecule has 1 saturated carbocycles. The third-order valence-electron chi connectivity index (χ3n) is 3.22. The number of nitrogens with two attached hydrogens (primary N) is 1. The fourth-order valence-corrected chi connectivity index (χ4v) is 2.15. The summed E-state index contributed by atoms with van der Waals surface area (Å²) < 4.78 is 5.60. The van der Waals surface area contributed by atoms with Crippen LogP contribution in [0.1, 0.15) is 37.7 Å². The van der Waals surface area contributed by atoms with Gasteiger partial charge in [-0.15, -0.1) is 0 Å². The van der Waals surface area contributed by atoms with E-state index in [1.165, 1.54) is 25.5 Å². The normalized spacial score (nSPS) is 18.4. The van der Waals surface area contributed by atoms with Crippen LogP contribution in [0.2, 0.25) is 0 Å². The predicted molar refractivity (Wildman–Crippen MR) is 64.5 cm³/mol. The zero-order chi connectivity index (χ0) is 12.1. The van der Waals surface area contributed by atoms with Gasteiger partial charge in [-0.25, -0.2) is 4.98 Å². The Hall–Kier alpha value is -1.60. The molecular weight excluding hydrogens is 214 g/mol. The molecule has 0 atom stereocenters. The molecular formula is C13H17N3O. The third-order valence-corrected chi connectivity index (χ3v) is 3.22. The van der Waals surface area contributed by atoms with Crippen molar-refractivity contribution in [1.29, 1.82) is 5.26 Å². The number of ether oxygens (including phenoxy) is 1. The standard InChI is InChI=1S/C13H17N3O/c14-8-11-4-5-12(16-9-11)17-10-13(15)6-2-1-3-7-13/h4-5,9H,1-3,6-7,10,15H2. The Balaban J connectivity index is 1.90. The van der Waals surface area contributed by atoms with Crippen LogP contribution in [-0.4, -0.2) is 17.1 Å². The third kappa shape index (κ3) is 3.18. The SMILES string of the molecule is N#Cc1ccc(OCC2(N)CCCCC2)nc1. The minimum atomic E-state index is -0.201. The second-order valence-corrected chi connectivity index (χ2v) is 4.71. The average Bonchev–Trinajstić information content (AvgIpc) is 2.38. The van der Waals surface area contributed by atoms with Crippen molar-refractivity contribution in [3.8, 4) is 11.9 Å². The number of pyridine rings is 1. The van der Waals surface area contributed by atoms with Gasteiger partial charge in [-0.05, 0) is 18.9 Å². The van der Waals surface area contributed by atoms with Gasteiger partial charge in [-0.3, -0.25) is 0 Å². The minimum absolute atomic E-state index is 0.201. The molecule has 0 aliphatic heterocycles. The van der Waals surface area contributed by atoms with Crippen LogP contribution in [0.4, 0.5) is 0 Å². The molecule has 1 aromatic heterocycles. The number of aromatic nitrogens is 1. The van der Waals surface area contributed by atoms with E-state index < -0.39 is 0 Å². The van der Waals surface area contributed by atoms with E-state index in [-0.39, 0.29) is 5.54 Å². The van der Waals surface area contributed by atoms with Crippen molar-refractivity contribution < 1.29 is 4.74 Å². The molecule has 1 fully saturated rings. The van der Waals surface area contributed by atoms with Gasteiger partial charge in [0.15, 0.2) is 0 Å². The van der Waals surface area contributed by atoms with Gasteiger partial charge in [-0.1, -0.05) is 19.3 Å². The largest absolute Gasteiger partial charge is 0.476 e. The lowest BCUT2D eigenvalue weighted by atomic mass is 9.83. The van der Waals surface area contributed by atoms with Gasteiger partial charge in [0.25, 0.3) is 0 Å². The summed E-state index contributed by atoms with van der Waals surface area (Å²) in [5.74, 6) is 0.541. The van der Waals surface area contributed by atoms with Crippen LogP contribution in [0.15, 0.2) is 18.3 Å². The Morgan fingerprint density at radius 1 is 1.35 bits per heavy atom. The summed E-state index contributed by atoms with van der Waals surface area (Å²) in [4.78, 5) is 4.06. The fourth-order valence-electron chi connectivity index (χ4n) is 2.15. The maximum absolute atomic E-state index is 8.65. The highest BCUT2D eigenvalue weighted by Crippen LogP contribution is 2.26. The summed E-state index contributed by atoms with van der Waals surface area (Å²) in [5, 5.41) is 8.65. The molecule has 2 rings (SSSR count). The van der Waals surface area contributed by atoms with Gasteiger partial charge in [0.2, 0.25) is 5.88 Å². The second kappa shape index (κ2) is 5.15. The zero-order valence-electron chi connectivity index (χ0n) is 9.85. The van der Waals surface area contributed by atoms with Crippen molar-refractivity contribution in [2.75, 3.05) is 6.61 Å². The van der Waals surface area contributed by atoms with Crippen molar-refractivity contribution >= 4 is 0 Å². The van der Waals surface area contributed by atoms with Gasteiger partial charge in [0.1, 0.15) is 12.7 Å². The van der Waals surface area contributed by atoms with Gasteiger partial charge in [-0.2, -0.15) is 5.26 Å². The summed E-state index contributed by atoms with van der Waals surface area (Å²) in [6, 6.07) is 5.44. The molecule has 4 heteroatoms. The van der Waals surface area contributed by atoms with E-state index >= 15 is 0 Å². The molecule has 4 nitrogen and oxygen atoms in total. The molecule has 0 saturated heterocycles. The van der Waals surface area contributed by atoms with E-state index in [4.69, 9.17) is 15.7 Å². The topological polar surface area (TPSA) is 71.9 Å². The molecule has 17 heavy (non-hydrogen) atoms. The molecule has 1 aromatic rings. The molecule has 1 heterocycles. The van der Waals surface area contributed by atoms with Crippen molar-refractivity contribution in [2.45, 2.75) is 37.6 Å². The van der Waals surface area contributed by atoms with Crippen LogP contribution in [0.25, 0.3) is 0 Å². The highest BCUT2D eigenvalue weighted by Gasteiger charge is 2.28.